The highest BCUT2D eigenvalue weighted by molar-refractivity contribution is 5.93. The first-order valence-corrected chi connectivity index (χ1v) is 23.1. The molecule has 2 aromatic carbocycles. The summed E-state index contributed by atoms with van der Waals surface area (Å²) in [5.41, 5.74) is 3.35. The summed E-state index contributed by atoms with van der Waals surface area (Å²) in [5.74, 6) is -4.45. The van der Waals surface area contributed by atoms with Crippen molar-refractivity contribution >= 4 is 51.6 Å². The van der Waals surface area contributed by atoms with E-state index in [9.17, 15) is 51.2 Å². The van der Waals surface area contributed by atoms with Crippen LogP contribution in [0.5, 0.6) is 5.75 Å². The van der Waals surface area contributed by atoms with Gasteiger partial charge in [0.2, 0.25) is 11.9 Å². The van der Waals surface area contributed by atoms with Crippen molar-refractivity contribution in [2.75, 3.05) is 25.0 Å². The molecule has 25 heteroatoms. The van der Waals surface area contributed by atoms with Crippen LogP contribution in [0.25, 0.3) is 27.9 Å². The average Bonchev–Trinajstić information content (AvgIpc) is 4.07. The SMILES string of the molecule is Cc1nc(Nc2ccc(OC(F)(F)F)cc2)nc2c1n(-c1ccc(C(=O)N3CCc4c(n(Cc5ccc(C#N)cc5F)c5ncccc45)C3)nc1)c(=O)n2[C@H]1CCN(C(=O)C2(C#N)CC2)C[C@H]1C.O=C(O)C(F)(F)F. The van der Waals surface area contributed by atoms with E-state index in [0.29, 0.717) is 79.1 Å². The van der Waals surface area contributed by atoms with Crippen LogP contribution >= 0.6 is 0 Å². The summed E-state index contributed by atoms with van der Waals surface area (Å²) in [7, 11) is 0. The Morgan fingerprint density at radius 2 is 1.68 bits per heavy atom. The number of pyridine rings is 2. The number of rotatable bonds is 9. The number of nitrogens with zero attached hydrogens (tertiary/aromatic N) is 11. The molecular weight excluding hydrogens is 998 g/mol. The minimum Gasteiger partial charge on any atom is -0.475 e. The number of carbonyl (C=O) groups excluding carboxylic acids is 2. The standard InChI is InChI=1S/C48H40F4N12O4.C2HF3O2/c1-27-23-61(44(66)47(26-54)15-16-47)19-14-38(27)64-42-40(28(2)57-45(59-42)58-31-7-10-33(11-8-31)68-48(50,51)52)63(46(64)67)32-9-12-37(56-22-32)43(65)60-18-13-34-35-4-3-17-55-41(35)62(39(34)25-60)24-30-6-5-29(21-53)20-36(30)49;3-2(4,5)1(6)7/h3-12,17,20,22,27,38H,13-16,18-19,23-25H2,1-2H3,(H,57,58,59);(H,6,7)/t27-,38+;/m1./s1. The van der Waals surface area contributed by atoms with Gasteiger partial charge < -0.3 is 29.5 Å². The number of piperidine rings is 1. The van der Waals surface area contributed by atoms with Crippen molar-refractivity contribution < 1.29 is 55.0 Å². The minimum absolute atomic E-state index is 0.0657. The zero-order valence-electron chi connectivity index (χ0n) is 39.6. The third-order valence-corrected chi connectivity index (χ3v) is 13.4. The van der Waals surface area contributed by atoms with Gasteiger partial charge in [0.25, 0.3) is 5.91 Å². The molecule has 5 aromatic heterocycles. The molecule has 2 N–H and O–H groups in total. The van der Waals surface area contributed by atoms with E-state index in [0.717, 1.165) is 28.8 Å². The topological polar surface area (TPSA) is 230 Å². The third kappa shape index (κ3) is 10.1. The normalized spacial score (nSPS) is 17.1. The fourth-order valence-electron chi connectivity index (χ4n) is 9.57. The number of aromatic nitrogens is 7. The van der Waals surface area contributed by atoms with Crippen LogP contribution in [-0.4, -0.2) is 98.5 Å². The molecule has 75 heavy (non-hydrogen) atoms. The van der Waals surface area contributed by atoms with Crippen LogP contribution in [0.2, 0.25) is 0 Å². The lowest BCUT2D eigenvalue weighted by molar-refractivity contribution is -0.274. The Morgan fingerprint density at radius 1 is 0.947 bits per heavy atom. The number of hydrogen-bond donors (Lipinski definition) is 2. The van der Waals surface area contributed by atoms with E-state index in [1.807, 2.05) is 29.7 Å². The molecule has 1 saturated heterocycles. The lowest BCUT2D eigenvalue weighted by Gasteiger charge is -2.38. The van der Waals surface area contributed by atoms with Crippen LogP contribution < -0.4 is 15.7 Å². The Labute approximate surface area is 419 Å². The van der Waals surface area contributed by atoms with E-state index in [2.05, 4.69) is 31.1 Å². The molecule has 2 atom stereocenters. The van der Waals surface area contributed by atoms with Crippen molar-refractivity contribution in [3.05, 3.63) is 129 Å². The Balaban J connectivity index is 0.000000920. The minimum atomic E-state index is -5.08. The van der Waals surface area contributed by atoms with Crippen molar-refractivity contribution in [3.8, 4) is 23.6 Å². The summed E-state index contributed by atoms with van der Waals surface area (Å²) >= 11 is 0. The molecule has 1 saturated carbocycles. The van der Waals surface area contributed by atoms with Crippen LogP contribution in [0.3, 0.4) is 0 Å². The van der Waals surface area contributed by atoms with Gasteiger partial charge in [-0.05, 0) is 105 Å². The predicted octanol–water partition coefficient (Wildman–Crippen LogP) is 7.88. The zero-order valence-corrected chi connectivity index (χ0v) is 39.6. The van der Waals surface area contributed by atoms with Crippen molar-refractivity contribution in [2.45, 2.75) is 71.2 Å². The van der Waals surface area contributed by atoms with E-state index in [-0.39, 0.29) is 53.7 Å². The number of benzene rings is 2. The number of aliphatic carboxylic acids is 1. The average molecular weight is 1040 g/mol. The smallest absolute Gasteiger partial charge is 0.475 e. The van der Waals surface area contributed by atoms with Gasteiger partial charge >= 0.3 is 24.2 Å². The number of nitrogens with one attached hydrogen (secondary N) is 1. The number of aryl methyl sites for hydroxylation is 1. The monoisotopic (exact) mass is 1040 g/mol. The highest BCUT2D eigenvalue weighted by atomic mass is 19.4. The molecule has 0 spiro atoms. The highest BCUT2D eigenvalue weighted by Gasteiger charge is 2.53. The number of nitriles is 2. The maximum Gasteiger partial charge on any atom is 0.573 e. The molecule has 18 nitrogen and oxygen atoms in total. The van der Waals surface area contributed by atoms with Crippen molar-refractivity contribution in [2.24, 2.45) is 11.3 Å². The number of ether oxygens (including phenoxy) is 1. The van der Waals surface area contributed by atoms with Crippen molar-refractivity contribution in [1.29, 1.82) is 10.5 Å². The summed E-state index contributed by atoms with van der Waals surface area (Å²) in [4.78, 5) is 73.3. The summed E-state index contributed by atoms with van der Waals surface area (Å²) in [6, 6.07) is 20.0. The molecular formula is C50H41F7N12O6. The number of fused-ring (bicyclic) bond motifs is 4. The van der Waals surface area contributed by atoms with Gasteiger partial charge in [-0.2, -0.15) is 28.7 Å². The van der Waals surface area contributed by atoms with Crippen LogP contribution in [0, 0.1) is 46.7 Å². The van der Waals surface area contributed by atoms with Crippen molar-refractivity contribution in [1.82, 2.24) is 43.4 Å². The first kappa shape index (κ1) is 51.0. The lowest BCUT2D eigenvalue weighted by atomic mass is 9.92. The van der Waals surface area contributed by atoms with Gasteiger partial charge in [0.15, 0.2) is 5.65 Å². The molecule has 7 aromatic rings. The summed E-state index contributed by atoms with van der Waals surface area (Å²) < 4.78 is 94.3. The summed E-state index contributed by atoms with van der Waals surface area (Å²) in [6.45, 7) is 4.92. The second-order valence-corrected chi connectivity index (χ2v) is 18.3. The Kier molecular flexibility index (Phi) is 13.3. The van der Waals surface area contributed by atoms with Crippen LogP contribution in [0.4, 0.5) is 42.4 Å². The van der Waals surface area contributed by atoms with E-state index < -0.39 is 47.2 Å². The van der Waals surface area contributed by atoms with Gasteiger partial charge in [0, 0.05) is 54.2 Å². The van der Waals surface area contributed by atoms with E-state index in [1.165, 1.54) is 29.0 Å². The number of amides is 2. The molecule has 3 aliphatic rings. The zero-order chi connectivity index (χ0) is 53.7. The van der Waals surface area contributed by atoms with E-state index >= 15 is 4.39 Å². The molecule has 2 aliphatic heterocycles. The summed E-state index contributed by atoms with van der Waals surface area (Å²) in [5, 5.41) is 30.0. The molecule has 2 fully saturated rings. The number of imidazole rings is 1. The second-order valence-electron chi connectivity index (χ2n) is 18.3. The number of likely N-dealkylation sites (tertiary alicyclic amines) is 1. The molecule has 386 valence electrons. The fraction of sp³-hybridized carbons (Fsp3) is 0.320. The number of alkyl halides is 6. The largest absolute Gasteiger partial charge is 0.573 e. The molecule has 2 amide bonds. The maximum absolute atomic E-state index is 15.2. The highest BCUT2D eigenvalue weighted by Crippen LogP contribution is 2.47. The van der Waals surface area contributed by atoms with Gasteiger partial charge in [-0.1, -0.05) is 13.0 Å². The van der Waals surface area contributed by atoms with Gasteiger partial charge in [-0.15, -0.1) is 13.2 Å². The Hall–Kier alpha value is -8.87. The van der Waals surface area contributed by atoms with Gasteiger partial charge in [-0.25, -0.2) is 28.9 Å². The quantitative estimate of drug-likeness (QED) is 0.131. The molecule has 0 bridgehead atoms. The van der Waals surface area contributed by atoms with Crippen LogP contribution in [0.15, 0.2) is 83.9 Å². The Bertz CT molecular complexity index is 3560. The molecule has 1 aliphatic carbocycles. The molecule has 7 heterocycles. The first-order valence-electron chi connectivity index (χ1n) is 23.1. The molecule has 10 rings (SSSR count). The third-order valence-electron chi connectivity index (χ3n) is 13.4. The van der Waals surface area contributed by atoms with Gasteiger partial charge in [0.1, 0.15) is 33.8 Å². The van der Waals surface area contributed by atoms with Crippen molar-refractivity contribution in [3.63, 3.8) is 0 Å². The molecule has 0 unspecified atom stereocenters. The number of hydrogen-bond acceptors (Lipinski definition) is 12. The second kappa shape index (κ2) is 19.5. The van der Waals surface area contributed by atoms with E-state index in [4.69, 9.17) is 14.9 Å². The first-order chi connectivity index (χ1) is 35.6. The number of carbonyl (C=O) groups is 3. The van der Waals surface area contributed by atoms with Gasteiger partial charge in [-0.3, -0.25) is 18.7 Å². The van der Waals surface area contributed by atoms with Gasteiger partial charge in [0.05, 0.1) is 48.4 Å². The van der Waals surface area contributed by atoms with Crippen LogP contribution in [-0.2, 0) is 29.1 Å². The Morgan fingerprint density at radius 3 is 2.29 bits per heavy atom. The number of anilines is 2. The number of carboxylic acid groups (broad SMARTS) is 1. The summed E-state index contributed by atoms with van der Waals surface area (Å²) in [6.07, 6.45) is -4.94. The maximum atomic E-state index is 15.2. The van der Waals surface area contributed by atoms with Crippen LogP contribution in [0.1, 0.15) is 70.8 Å². The number of carboxylic acids is 1. The number of halogens is 7. The molecule has 0 radical (unpaired) electrons. The predicted molar refractivity (Wildman–Crippen MR) is 251 cm³/mol. The fourth-order valence-corrected chi connectivity index (χ4v) is 9.57. The lowest BCUT2D eigenvalue weighted by Crippen LogP contribution is -2.47. The van der Waals surface area contributed by atoms with E-state index in [1.54, 1.807) is 51.8 Å².